The minimum atomic E-state index is 0.340. The zero-order valence-corrected chi connectivity index (χ0v) is 13.8. The third-order valence-corrected chi connectivity index (χ3v) is 5.48. The Kier molecular flexibility index (Phi) is 3.99. The first-order chi connectivity index (χ1) is 9.13. The van der Waals surface area contributed by atoms with Crippen LogP contribution in [-0.2, 0) is 6.42 Å². The molecule has 0 fully saturated rings. The fourth-order valence-electron chi connectivity index (χ4n) is 2.68. The number of benzene rings is 1. The van der Waals surface area contributed by atoms with Crippen molar-refractivity contribution in [3.05, 3.63) is 55.1 Å². The molecule has 0 aliphatic heterocycles. The number of nitrogens with one attached hydrogen (secondary N) is 1. The molecule has 1 aliphatic rings. The van der Waals surface area contributed by atoms with E-state index in [2.05, 4.69) is 58.5 Å². The Morgan fingerprint density at radius 2 is 2.26 bits per heavy atom. The number of aryl methyl sites for hydroxylation is 1. The molecule has 2 atom stereocenters. The molecule has 1 aromatic heterocycles. The molecule has 100 valence electrons. The molecule has 1 nitrogen and oxygen atoms in total. The van der Waals surface area contributed by atoms with Gasteiger partial charge in [0.2, 0.25) is 0 Å². The van der Waals surface area contributed by atoms with Crippen molar-refractivity contribution >= 4 is 38.9 Å². The predicted molar refractivity (Wildman–Crippen MR) is 86.1 cm³/mol. The van der Waals surface area contributed by atoms with Gasteiger partial charge in [0.25, 0.3) is 0 Å². The lowest BCUT2D eigenvalue weighted by molar-refractivity contribution is 0.465. The van der Waals surface area contributed by atoms with Gasteiger partial charge in [0.05, 0.1) is 4.34 Å². The van der Waals surface area contributed by atoms with Crippen LogP contribution < -0.4 is 5.32 Å². The van der Waals surface area contributed by atoms with Crippen molar-refractivity contribution in [3.8, 4) is 0 Å². The Morgan fingerprint density at radius 3 is 3.05 bits per heavy atom. The van der Waals surface area contributed by atoms with Crippen LogP contribution in [0.1, 0.15) is 41.4 Å². The molecular formula is C15H15BrClNS. The van der Waals surface area contributed by atoms with E-state index in [0.717, 1.165) is 15.2 Å². The maximum absolute atomic E-state index is 6.10. The first-order valence-electron chi connectivity index (χ1n) is 6.43. The Labute approximate surface area is 131 Å². The minimum absolute atomic E-state index is 0.340. The van der Waals surface area contributed by atoms with Gasteiger partial charge in [-0.25, -0.2) is 0 Å². The maximum atomic E-state index is 6.10. The summed E-state index contributed by atoms with van der Waals surface area (Å²) >= 11 is 11.4. The van der Waals surface area contributed by atoms with Crippen LogP contribution in [0.15, 0.2) is 34.8 Å². The van der Waals surface area contributed by atoms with Crippen LogP contribution >= 0.6 is 38.9 Å². The van der Waals surface area contributed by atoms with Crippen molar-refractivity contribution in [1.29, 1.82) is 0 Å². The summed E-state index contributed by atoms with van der Waals surface area (Å²) in [6.07, 6.45) is 2.33. The fraction of sp³-hybridized carbons (Fsp3) is 0.333. The van der Waals surface area contributed by atoms with Gasteiger partial charge >= 0.3 is 0 Å². The molecule has 0 saturated carbocycles. The van der Waals surface area contributed by atoms with E-state index in [4.69, 9.17) is 11.6 Å². The monoisotopic (exact) mass is 355 g/mol. The second kappa shape index (κ2) is 5.57. The van der Waals surface area contributed by atoms with Crippen molar-refractivity contribution in [2.24, 2.45) is 0 Å². The van der Waals surface area contributed by atoms with E-state index in [1.165, 1.54) is 22.4 Å². The quantitative estimate of drug-likeness (QED) is 0.765. The molecule has 1 aromatic carbocycles. The molecule has 1 heterocycles. The number of hydrogen-bond donors (Lipinski definition) is 1. The number of rotatable bonds is 3. The summed E-state index contributed by atoms with van der Waals surface area (Å²) in [4.78, 5) is 1.45. The Balaban J connectivity index is 1.75. The van der Waals surface area contributed by atoms with Gasteiger partial charge in [-0.05, 0) is 49.1 Å². The smallest absolute Gasteiger partial charge is 0.0934 e. The topological polar surface area (TPSA) is 12.0 Å². The zero-order chi connectivity index (χ0) is 13.4. The number of thiophene rings is 1. The summed E-state index contributed by atoms with van der Waals surface area (Å²) < 4.78 is 2.04. The van der Waals surface area contributed by atoms with Crippen LogP contribution in [0, 0.1) is 0 Å². The molecule has 0 spiro atoms. The van der Waals surface area contributed by atoms with Crippen LogP contribution in [0.2, 0.25) is 4.34 Å². The molecule has 2 aromatic rings. The SMILES string of the molecule is CC(NC1CCc2sc(Cl)cc21)c1cccc(Br)c1. The second-order valence-corrected chi connectivity index (χ2v) is 7.65. The van der Waals surface area contributed by atoms with Crippen molar-refractivity contribution < 1.29 is 0 Å². The Hall–Kier alpha value is -0.350. The van der Waals surface area contributed by atoms with E-state index in [0.29, 0.717) is 12.1 Å². The molecule has 0 radical (unpaired) electrons. The lowest BCUT2D eigenvalue weighted by Gasteiger charge is -2.20. The van der Waals surface area contributed by atoms with Crippen LogP contribution in [0.3, 0.4) is 0 Å². The molecular weight excluding hydrogens is 342 g/mol. The van der Waals surface area contributed by atoms with Crippen LogP contribution in [0.5, 0.6) is 0 Å². The highest BCUT2D eigenvalue weighted by atomic mass is 79.9. The van der Waals surface area contributed by atoms with E-state index >= 15 is 0 Å². The van der Waals surface area contributed by atoms with Crippen molar-refractivity contribution in [2.45, 2.75) is 31.8 Å². The van der Waals surface area contributed by atoms with Crippen LogP contribution in [0.4, 0.5) is 0 Å². The number of halogens is 2. The minimum Gasteiger partial charge on any atom is -0.303 e. The van der Waals surface area contributed by atoms with Crippen molar-refractivity contribution in [1.82, 2.24) is 5.32 Å². The molecule has 4 heteroatoms. The highest BCUT2D eigenvalue weighted by molar-refractivity contribution is 9.10. The molecule has 0 saturated heterocycles. The van der Waals surface area contributed by atoms with Crippen molar-refractivity contribution in [3.63, 3.8) is 0 Å². The van der Waals surface area contributed by atoms with Gasteiger partial charge in [-0.2, -0.15) is 0 Å². The third kappa shape index (κ3) is 2.89. The second-order valence-electron chi connectivity index (χ2n) is 4.96. The van der Waals surface area contributed by atoms with Gasteiger partial charge in [-0.15, -0.1) is 11.3 Å². The van der Waals surface area contributed by atoms with Gasteiger partial charge in [-0.3, -0.25) is 0 Å². The van der Waals surface area contributed by atoms with Crippen LogP contribution in [0.25, 0.3) is 0 Å². The average Bonchev–Trinajstić information content (AvgIpc) is 2.90. The van der Waals surface area contributed by atoms with E-state index in [-0.39, 0.29) is 0 Å². The summed E-state index contributed by atoms with van der Waals surface area (Å²) in [7, 11) is 0. The molecule has 1 N–H and O–H groups in total. The summed E-state index contributed by atoms with van der Waals surface area (Å²) in [5.41, 5.74) is 2.71. The van der Waals surface area contributed by atoms with Gasteiger partial charge in [-0.1, -0.05) is 39.7 Å². The molecule has 2 unspecified atom stereocenters. The van der Waals surface area contributed by atoms with Gasteiger partial charge < -0.3 is 5.32 Å². The first kappa shape index (κ1) is 13.6. The van der Waals surface area contributed by atoms with Crippen LogP contribution in [-0.4, -0.2) is 0 Å². The predicted octanol–water partition coefficient (Wildman–Crippen LogP) is 5.50. The van der Waals surface area contributed by atoms with Gasteiger partial charge in [0, 0.05) is 21.4 Å². The van der Waals surface area contributed by atoms with Crippen molar-refractivity contribution in [2.75, 3.05) is 0 Å². The summed E-state index contributed by atoms with van der Waals surface area (Å²) in [5.74, 6) is 0. The molecule has 0 bridgehead atoms. The zero-order valence-electron chi connectivity index (χ0n) is 10.6. The maximum Gasteiger partial charge on any atom is 0.0934 e. The largest absolute Gasteiger partial charge is 0.303 e. The van der Waals surface area contributed by atoms with E-state index in [1.807, 2.05) is 0 Å². The molecule has 1 aliphatic carbocycles. The highest BCUT2D eigenvalue weighted by Crippen LogP contribution is 2.40. The number of fused-ring (bicyclic) bond motifs is 1. The normalized spacial score (nSPS) is 19.4. The van der Waals surface area contributed by atoms with E-state index in [9.17, 15) is 0 Å². The Bertz CT molecular complexity index is 596. The highest BCUT2D eigenvalue weighted by Gasteiger charge is 2.26. The van der Waals surface area contributed by atoms with E-state index in [1.54, 1.807) is 11.3 Å². The standard InChI is InChI=1S/C15H15BrClNS/c1-9(10-3-2-4-11(16)7-10)18-13-5-6-14-12(13)8-15(17)19-14/h2-4,7-9,13,18H,5-6H2,1H3. The summed E-state index contributed by atoms with van der Waals surface area (Å²) in [6.45, 7) is 2.22. The lowest BCUT2D eigenvalue weighted by Crippen LogP contribution is -2.22. The Morgan fingerprint density at radius 1 is 1.42 bits per heavy atom. The lowest BCUT2D eigenvalue weighted by atomic mass is 10.1. The summed E-state index contributed by atoms with van der Waals surface area (Å²) in [6, 6.07) is 11.4. The third-order valence-electron chi connectivity index (χ3n) is 3.65. The molecule has 0 amide bonds. The average molecular weight is 357 g/mol. The molecule has 3 rings (SSSR count). The fourth-order valence-corrected chi connectivity index (χ4v) is 4.45. The van der Waals surface area contributed by atoms with Gasteiger partial charge in [0.1, 0.15) is 0 Å². The first-order valence-corrected chi connectivity index (χ1v) is 8.42. The van der Waals surface area contributed by atoms with Gasteiger partial charge in [0.15, 0.2) is 0 Å². The van der Waals surface area contributed by atoms with E-state index < -0.39 is 0 Å². The summed E-state index contributed by atoms with van der Waals surface area (Å²) in [5, 5.41) is 3.72. The molecule has 19 heavy (non-hydrogen) atoms. The number of hydrogen-bond acceptors (Lipinski definition) is 2.